The van der Waals surface area contributed by atoms with Crippen molar-refractivity contribution in [2.75, 3.05) is 0 Å². The van der Waals surface area contributed by atoms with E-state index >= 15 is 0 Å². The Morgan fingerprint density at radius 3 is 2.57 bits per heavy atom. The summed E-state index contributed by atoms with van der Waals surface area (Å²) in [6.07, 6.45) is 6.92. The number of nitrogens with one attached hydrogen (secondary N) is 1. The number of aromatic nitrogens is 4. The zero-order valence-electron chi connectivity index (χ0n) is 12.5. The molecule has 2 heterocycles. The first-order valence-electron chi connectivity index (χ1n) is 7.56. The van der Waals surface area contributed by atoms with Gasteiger partial charge in [-0.1, -0.05) is 26.7 Å². The molecule has 21 heavy (non-hydrogen) atoms. The maximum Gasteiger partial charge on any atom is 0.159 e. The van der Waals surface area contributed by atoms with Crippen LogP contribution in [0, 0.1) is 5.92 Å². The normalized spacial score (nSPS) is 11.4. The van der Waals surface area contributed by atoms with Crippen LogP contribution in [0.25, 0.3) is 22.4 Å². The average Bonchev–Trinajstić information content (AvgIpc) is 2.94. The van der Waals surface area contributed by atoms with Crippen LogP contribution in [0.1, 0.15) is 32.5 Å². The fourth-order valence-corrected chi connectivity index (χ4v) is 2.60. The molecule has 108 valence electrons. The molecule has 0 fully saturated rings. The van der Waals surface area contributed by atoms with E-state index in [-0.39, 0.29) is 0 Å². The number of benzene rings is 1. The first-order valence-corrected chi connectivity index (χ1v) is 7.56. The second kappa shape index (κ2) is 6.04. The van der Waals surface area contributed by atoms with Crippen molar-refractivity contribution in [2.24, 2.45) is 5.92 Å². The zero-order valence-corrected chi connectivity index (χ0v) is 12.5. The number of nitrogens with zero attached hydrogens (tertiary/aromatic N) is 3. The monoisotopic (exact) mass is 280 g/mol. The van der Waals surface area contributed by atoms with Crippen molar-refractivity contribution in [1.82, 2.24) is 19.9 Å². The zero-order chi connectivity index (χ0) is 14.7. The molecule has 4 heteroatoms. The molecule has 4 nitrogen and oxygen atoms in total. The topological polar surface area (TPSA) is 54.5 Å². The van der Waals surface area contributed by atoms with Crippen LogP contribution in [-0.2, 0) is 6.42 Å². The van der Waals surface area contributed by atoms with Crippen LogP contribution in [0.15, 0.2) is 36.7 Å². The summed E-state index contributed by atoms with van der Waals surface area (Å²) < 4.78 is 0. The molecular weight excluding hydrogens is 260 g/mol. The van der Waals surface area contributed by atoms with Crippen LogP contribution < -0.4 is 0 Å². The molecule has 3 rings (SSSR count). The molecule has 0 aliphatic rings. The van der Waals surface area contributed by atoms with Gasteiger partial charge in [0.1, 0.15) is 5.82 Å². The van der Waals surface area contributed by atoms with Gasteiger partial charge >= 0.3 is 0 Å². The number of H-pyrrole nitrogens is 1. The molecule has 0 aliphatic heterocycles. The number of hydrogen-bond acceptors (Lipinski definition) is 3. The SMILES string of the molecule is CCC(CC)Cc1nc2ccc(-c3ncccn3)cc2[nH]1. The largest absolute Gasteiger partial charge is 0.342 e. The van der Waals surface area contributed by atoms with Crippen molar-refractivity contribution >= 4 is 11.0 Å². The van der Waals surface area contributed by atoms with Gasteiger partial charge in [-0.25, -0.2) is 15.0 Å². The molecule has 0 amide bonds. The van der Waals surface area contributed by atoms with Crippen molar-refractivity contribution in [2.45, 2.75) is 33.1 Å². The molecular formula is C17H20N4. The van der Waals surface area contributed by atoms with Crippen LogP contribution in [0.5, 0.6) is 0 Å². The Bertz CT molecular complexity index is 714. The molecule has 0 unspecified atom stereocenters. The van der Waals surface area contributed by atoms with Gasteiger partial charge in [-0.2, -0.15) is 0 Å². The quantitative estimate of drug-likeness (QED) is 0.768. The lowest BCUT2D eigenvalue weighted by molar-refractivity contribution is 0.481. The minimum absolute atomic E-state index is 0.697. The third-order valence-corrected chi connectivity index (χ3v) is 3.99. The van der Waals surface area contributed by atoms with E-state index in [1.165, 1.54) is 12.8 Å². The Kier molecular flexibility index (Phi) is 3.95. The highest BCUT2D eigenvalue weighted by Crippen LogP contribution is 2.22. The molecule has 0 spiro atoms. The van der Waals surface area contributed by atoms with E-state index in [2.05, 4.69) is 39.8 Å². The maximum atomic E-state index is 4.69. The molecule has 0 bridgehead atoms. The van der Waals surface area contributed by atoms with Crippen molar-refractivity contribution in [3.63, 3.8) is 0 Å². The summed E-state index contributed by atoms with van der Waals surface area (Å²) in [5.74, 6) is 2.52. The highest BCUT2D eigenvalue weighted by atomic mass is 14.9. The molecule has 3 aromatic rings. The van der Waals surface area contributed by atoms with E-state index in [0.717, 1.165) is 34.7 Å². The molecule has 1 N–H and O–H groups in total. The van der Waals surface area contributed by atoms with Crippen LogP contribution in [0.2, 0.25) is 0 Å². The van der Waals surface area contributed by atoms with Gasteiger partial charge in [0.05, 0.1) is 11.0 Å². The Balaban J connectivity index is 1.92. The molecule has 0 aliphatic carbocycles. The summed E-state index contributed by atoms with van der Waals surface area (Å²) in [5, 5.41) is 0. The van der Waals surface area contributed by atoms with E-state index in [9.17, 15) is 0 Å². The molecule has 2 aromatic heterocycles. The molecule has 0 atom stereocenters. The van der Waals surface area contributed by atoms with Crippen LogP contribution >= 0.6 is 0 Å². The molecule has 0 saturated heterocycles. The molecule has 0 radical (unpaired) electrons. The highest BCUT2D eigenvalue weighted by Gasteiger charge is 2.10. The lowest BCUT2D eigenvalue weighted by Crippen LogP contribution is -2.02. The number of hydrogen-bond donors (Lipinski definition) is 1. The Labute approximate surface area is 124 Å². The van der Waals surface area contributed by atoms with Crippen molar-refractivity contribution in [3.05, 3.63) is 42.5 Å². The molecule has 0 saturated carbocycles. The van der Waals surface area contributed by atoms with Crippen molar-refractivity contribution in [3.8, 4) is 11.4 Å². The van der Waals surface area contributed by atoms with Crippen molar-refractivity contribution < 1.29 is 0 Å². The Hall–Kier alpha value is -2.23. The Morgan fingerprint density at radius 2 is 1.86 bits per heavy atom. The van der Waals surface area contributed by atoms with Crippen LogP contribution in [-0.4, -0.2) is 19.9 Å². The minimum Gasteiger partial charge on any atom is -0.342 e. The van der Waals surface area contributed by atoms with Crippen LogP contribution in [0.3, 0.4) is 0 Å². The van der Waals surface area contributed by atoms with E-state index in [1.54, 1.807) is 12.4 Å². The number of rotatable bonds is 5. The lowest BCUT2D eigenvalue weighted by atomic mass is 9.99. The second-order valence-electron chi connectivity index (χ2n) is 5.37. The second-order valence-corrected chi connectivity index (χ2v) is 5.37. The third-order valence-electron chi connectivity index (χ3n) is 3.99. The minimum atomic E-state index is 0.697. The van der Waals surface area contributed by atoms with Gasteiger partial charge in [0, 0.05) is 24.4 Å². The van der Waals surface area contributed by atoms with E-state index in [4.69, 9.17) is 0 Å². The predicted octanol–water partition coefficient (Wildman–Crippen LogP) is 4.00. The van der Waals surface area contributed by atoms with E-state index in [1.807, 2.05) is 18.2 Å². The fraction of sp³-hybridized carbons (Fsp3) is 0.353. The van der Waals surface area contributed by atoms with Gasteiger partial charge in [-0.05, 0) is 30.2 Å². The van der Waals surface area contributed by atoms with Crippen LogP contribution in [0.4, 0.5) is 0 Å². The number of aromatic amines is 1. The first-order chi connectivity index (χ1) is 10.3. The third kappa shape index (κ3) is 2.94. The van der Waals surface area contributed by atoms with Gasteiger partial charge in [0.2, 0.25) is 0 Å². The summed E-state index contributed by atoms with van der Waals surface area (Å²) in [7, 11) is 0. The van der Waals surface area contributed by atoms with E-state index in [0.29, 0.717) is 5.92 Å². The number of imidazole rings is 1. The van der Waals surface area contributed by atoms with Crippen molar-refractivity contribution in [1.29, 1.82) is 0 Å². The Morgan fingerprint density at radius 1 is 1.10 bits per heavy atom. The number of fused-ring (bicyclic) bond motifs is 1. The summed E-state index contributed by atoms with van der Waals surface area (Å²) in [4.78, 5) is 16.7. The molecule has 1 aromatic carbocycles. The summed E-state index contributed by atoms with van der Waals surface area (Å²) in [6, 6.07) is 7.97. The maximum absolute atomic E-state index is 4.69. The first kappa shape index (κ1) is 13.7. The summed E-state index contributed by atoms with van der Waals surface area (Å²) in [5.41, 5.74) is 3.08. The average molecular weight is 280 g/mol. The van der Waals surface area contributed by atoms with Gasteiger partial charge in [0.15, 0.2) is 5.82 Å². The summed E-state index contributed by atoms with van der Waals surface area (Å²) in [6.45, 7) is 4.48. The predicted molar refractivity (Wildman–Crippen MR) is 84.9 cm³/mol. The summed E-state index contributed by atoms with van der Waals surface area (Å²) >= 11 is 0. The standard InChI is InChI=1S/C17H20N4/c1-3-12(4-2)10-16-20-14-7-6-13(11-15(14)21-16)17-18-8-5-9-19-17/h5-9,11-12H,3-4,10H2,1-2H3,(H,20,21). The van der Waals surface area contributed by atoms with Gasteiger partial charge in [0.25, 0.3) is 0 Å². The van der Waals surface area contributed by atoms with E-state index < -0.39 is 0 Å². The van der Waals surface area contributed by atoms with Gasteiger partial charge in [-0.15, -0.1) is 0 Å². The highest BCUT2D eigenvalue weighted by molar-refractivity contribution is 5.80. The lowest BCUT2D eigenvalue weighted by Gasteiger charge is -2.08. The fourth-order valence-electron chi connectivity index (χ4n) is 2.60. The smallest absolute Gasteiger partial charge is 0.159 e. The van der Waals surface area contributed by atoms with Gasteiger partial charge in [-0.3, -0.25) is 0 Å². The van der Waals surface area contributed by atoms with Gasteiger partial charge < -0.3 is 4.98 Å².